The molecule has 0 saturated carbocycles. The zero-order valence-corrected chi connectivity index (χ0v) is 39.2. The maximum atomic E-state index is 2.45. The Kier molecular flexibility index (Phi) is 14.2. The maximum Gasteiger partial charge on any atom is -0.00201 e. The van der Waals surface area contributed by atoms with E-state index in [4.69, 9.17) is 0 Å². The average molecular weight is 821 g/mol. The molecule has 0 radical (unpaired) electrons. The van der Waals surface area contributed by atoms with Crippen LogP contribution in [-0.4, -0.2) is 0 Å². The molecule has 0 amide bonds. The molecule has 0 saturated heterocycles. The van der Waals surface area contributed by atoms with Crippen molar-refractivity contribution in [1.29, 1.82) is 0 Å². The molecule has 0 aromatic heterocycles. The first-order chi connectivity index (χ1) is 30.9. The van der Waals surface area contributed by atoms with Crippen LogP contribution in [0.25, 0.3) is 87.6 Å². The van der Waals surface area contributed by atoms with Gasteiger partial charge in [0, 0.05) is 0 Å². The van der Waals surface area contributed by atoms with Crippen LogP contribution in [-0.2, 0) is 0 Å². The molecular formula is C63H64. The molecule has 9 aromatic rings. The summed E-state index contributed by atoms with van der Waals surface area (Å²) in [6.45, 7) is 21.6. The van der Waals surface area contributed by atoms with Crippen molar-refractivity contribution >= 4 is 54.2 Å². The molecule has 0 fully saturated rings. The summed E-state index contributed by atoms with van der Waals surface area (Å²) in [5.41, 5.74) is 16.9. The first kappa shape index (κ1) is 44.6. The van der Waals surface area contributed by atoms with Crippen LogP contribution >= 0.6 is 0 Å². The van der Waals surface area contributed by atoms with E-state index < -0.39 is 0 Å². The van der Waals surface area contributed by atoms with E-state index in [-0.39, 0.29) is 0 Å². The predicted octanol–water partition coefficient (Wildman–Crippen LogP) is 19.2. The Balaban J connectivity index is 0.00000145. The Morgan fingerprint density at radius 1 is 0.476 bits per heavy atom. The molecule has 0 nitrogen and oxygen atoms in total. The van der Waals surface area contributed by atoms with E-state index in [0.717, 1.165) is 12.8 Å². The van der Waals surface area contributed by atoms with Gasteiger partial charge in [-0.1, -0.05) is 224 Å². The van der Waals surface area contributed by atoms with Crippen LogP contribution in [0.5, 0.6) is 0 Å². The maximum absolute atomic E-state index is 2.45. The quantitative estimate of drug-likeness (QED) is 0.0773. The second-order valence-corrected chi connectivity index (χ2v) is 16.4. The predicted molar refractivity (Wildman–Crippen MR) is 282 cm³/mol. The van der Waals surface area contributed by atoms with Gasteiger partial charge in [-0.3, -0.25) is 0 Å². The van der Waals surface area contributed by atoms with Crippen LogP contribution in [0, 0.1) is 26.7 Å². The van der Waals surface area contributed by atoms with Crippen LogP contribution in [0.4, 0.5) is 0 Å². The minimum absolute atomic E-state index is 0.363. The lowest BCUT2D eigenvalue weighted by Crippen LogP contribution is -2.02. The van der Waals surface area contributed by atoms with E-state index >= 15 is 0 Å². The van der Waals surface area contributed by atoms with E-state index in [1.165, 1.54) is 115 Å². The number of hydrogen-bond acceptors (Lipinski definition) is 0. The van der Waals surface area contributed by atoms with Crippen LogP contribution in [0.15, 0.2) is 176 Å². The Morgan fingerprint density at radius 2 is 0.952 bits per heavy atom. The van der Waals surface area contributed by atoms with Gasteiger partial charge in [-0.25, -0.2) is 0 Å². The third-order valence-electron chi connectivity index (χ3n) is 12.5. The number of fused-ring (bicyclic) bond motifs is 4. The molecule has 9 aromatic carbocycles. The highest BCUT2D eigenvalue weighted by molar-refractivity contribution is 6.24. The van der Waals surface area contributed by atoms with E-state index in [2.05, 4.69) is 217 Å². The normalized spacial score (nSPS) is 12.2. The van der Waals surface area contributed by atoms with Gasteiger partial charge in [-0.05, 0) is 155 Å². The standard InChI is InChI=1S/C59H52.2C2H6/c1-7-9-24-46(57(39(4)8-2)49-32-17-21-42-20-10-11-25-45(42)49)43-22-16-23-44(37-43)58-52-26-12-14-28-54(52)59(55-29-15-13-27-53(55)58)51-34-19-30-47-48(51)31-18-33-50(47)56-40(5)35-38(3)36-41(56)6;2*1-2/h9-37,39H,7-8H2,1-6H3;2*1-2H3/b24-9-,57-46-;;/t39-;;/m1../s1. The lowest BCUT2D eigenvalue weighted by molar-refractivity contribution is 0.719. The van der Waals surface area contributed by atoms with Gasteiger partial charge in [0.2, 0.25) is 0 Å². The van der Waals surface area contributed by atoms with Crippen molar-refractivity contribution in [2.75, 3.05) is 0 Å². The van der Waals surface area contributed by atoms with E-state index in [1.807, 2.05) is 27.7 Å². The van der Waals surface area contributed by atoms with Crippen LogP contribution in [0.3, 0.4) is 0 Å². The van der Waals surface area contributed by atoms with Gasteiger partial charge in [0.15, 0.2) is 0 Å². The zero-order chi connectivity index (χ0) is 44.6. The number of benzene rings is 9. The van der Waals surface area contributed by atoms with Gasteiger partial charge in [-0.15, -0.1) is 0 Å². The highest BCUT2D eigenvalue weighted by Gasteiger charge is 2.22. The number of aryl methyl sites for hydroxylation is 3. The highest BCUT2D eigenvalue weighted by Crippen LogP contribution is 2.47. The molecule has 0 unspecified atom stereocenters. The van der Waals surface area contributed by atoms with Gasteiger partial charge in [0.1, 0.15) is 0 Å². The summed E-state index contributed by atoms with van der Waals surface area (Å²) in [5.74, 6) is 0.363. The second kappa shape index (κ2) is 20.1. The summed E-state index contributed by atoms with van der Waals surface area (Å²) in [7, 11) is 0. The van der Waals surface area contributed by atoms with Crippen LogP contribution in [0.2, 0.25) is 0 Å². The molecule has 0 N–H and O–H groups in total. The molecule has 0 heteroatoms. The third kappa shape index (κ3) is 8.53. The number of rotatable bonds is 9. The Hall–Kier alpha value is -6.50. The minimum atomic E-state index is 0.363. The fraction of sp³-hybridized carbons (Fsp3) is 0.206. The fourth-order valence-electron chi connectivity index (χ4n) is 9.84. The lowest BCUT2D eigenvalue weighted by atomic mass is 9.81. The van der Waals surface area contributed by atoms with Gasteiger partial charge >= 0.3 is 0 Å². The van der Waals surface area contributed by atoms with Gasteiger partial charge in [-0.2, -0.15) is 0 Å². The van der Waals surface area contributed by atoms with Gasteiger partial charge in [0.25, 0.3) is 0 Å². The number of hydrogen-bond donors (Lipinski definition) is 0. The molecule has 9 rings (SSSR count). The molecule has 63 heavy (non-hydrogen) atoms. The molecule has 0 aliphatic heterocycles. The summed E-state index contributed by atoms with van der Waals surface area (Å²) in [4.78, 5) is 0. The molecule has 0 aliphatic carbocycles. The van der Waals surface area contributed by atoms with E-state index in [0.29, 0.717) is 5.92 Å². The lowest BCUT2D eigenvalue weighted by Gasteiger charge is -2.22. The smallest absolute Gasteiger partial charge is 0.00201 e. The Labute approximate surface area is 377 Å². The van der Waals surface area contributed by atoms with Crippen molar-refractivity contribution in [2.45, 2.75) is 82.1 Å². The first-order valence-electron chi connectivity index (χ1n) is 23.4. The van der Waals surface area contributed by atoms with Crippen molar-refractivity contribution in [3.05, 3.63) is 204 Å². The molecule has 1 atom stereocenters. The van der Waals surface area contributed by atoms with E-state index in [9.17, 15) is 0 Å². The molecule has 316 valence electrons. The van der Waals surface area contributed by atoms with Crippen LogP contribution < -0.4 is 0 Å². The third-order valence-corrected chi connectivity index (χ3v) is 12.5. The summed E-state index contributed by atoms with van der Waals surface area (Å²) >= 11 is 0. The van der Waals surface area contributed by atoms with Crippen molar-refractivity contribution < 1.29 is 0 Å². The van der Waals surface area contributed by atoms with Gasteiger partial charge in [0.05, 0.1) is 0 Å². The SMILES string of the molecule is CC.CC.CC/C=C\C(=C(\c1cccc2ccccc12)[C@H](C)CC)c1cccc(-c2c3ccccc3c(-c3cccc4c(-c5c(C)cc(C)cc5C)cccc34)c3ccccc23)c1. The molecular weight excluding hydrogens is 757 g/mol. The fourth-order valence-corrected chi connectivity index (χ4v) is 9.84. The molecule has 0 heterocycles. The zero-order valence-electron chi connectivity index (χ0n) is 39.2. The van der Waals surface area contributed by atoms with Crippen LogP contribution in [0.1, 0.15) is 89.1 Å². The summed E-state index contributed by atoms with van der Waals surface area (Å²) in [5, 5.41) is 10.2. The Morgan fingerprint density at radius 3 is 1.52 bits per heavy atom. The summed E-state index contributed by atoms with van der Waals surface area (Å²) in [6.07, 6.45) is 6.74. The minimum Gasteiger partial charge on any atom is -0.0842 e. The van der Waals surface area contributed by atoms with E-state index in [1.54, 1.807) is 0 Å². The monoisotopic (exact) mass is 821 g/mol. The average Bonchev–Trinajstić information content (AvgIpc) is 3.32. The topological polar surface area (TPSA) is 0 Å². The van der Waals surface area contributed by atoms with Crippen molar-refractivity contribution in [3.63, 3.8) is 0 Å². The van der Waals surface area contributed by atoms with Crippen molar-refractivity contribution in [2.24, 2.45) is 5.92 Å². The Bertz CT molecular complexity index is 3030. The summed E-state index contributed by atoms with van der Waals surface area (Å²) < 4.78 is 0. The van der Waals surface area contributed by atoms with Crippen molar-refractivity contribution in [1.82, 2.24) is 0 Å². The summed E-state index contributed by atoms with van der Waals surface area (Å²) in [6, 6.07) is 61.5. The molecule has 0 bridgehead atoms. The number of allylic oxidation sites excluding steroid dienone is 4. The molecule has 0 aliphatic rings. The van der Waals surface area contributed by atoms with Gasteiger partial charge < -0.3 is 0 Å². The molecule has 0 spiro atoms. The van der Waals surface area contributed by atoms with Crippen molar-refractivity contribution in [3.8, 4) is 33.4 Å². The first-order valence-corrected chi connectivity index (χ1v) is 23.4. The largest absolute Gasteiger partial charge is 0.0842 e. The second-order valence-electron chi connectivity index (χ2n) is 16.4. The highest BCUT2D eigenvalue weighted by atomic mass is 14.2.